The first kappa shape index (κ1) is 16.2. The van der Waals surface area contributed by atoms with E-state index in [2.05, 4.69) is 22.1 Å². The van der Waals surface area contributed by atoms with E-state index in [4.69, 9.17) is 5.26 Å². The Morgan fingerprint density at radius 2 is 2.18 bits per heavy atom. The van der Waals surface area contributed by atoms with E-state index in [1.165, 1.54) is 38.4 Å². The lowest BCUT2D eigenvalue weighted by atomic mass is 10.1. The molecule has 0 bridgehead atoms. The van der Waals surface area contributed by atoms with Gasteiger partial charge >= 0.3 is 5.69 Å². The summed E-state index contributed by atoms with van der Waals surface area (Å²) in [6.07, 6.45) is 3.87. The highest BCUT2D eigenvalue weighted by Crippen LogP contribution is 2.18. The Balaban J connectivity index is 1.88. The molecule has 1 aliphatic heterocycles. The number of nitriles is 1. The average molecular weight is 303 g/mol. The van der Waals surface area contributed by atoms with Crippen LogP contribution in [0.25, 0.3) is 0 Å². The molecule has 2 heterocycles. The van der Waals surface area contributed by atoms with Gasteiger partial charge in [-0.3, -0.25) is 10.1 Å². The van der Waals surface area contributed by atoms with E-state index in [0.29, 0.717) is 11.7 Å². The predicted molar refractivity (Wildman–Crippen MR) is 83.6 cm³/mol. The number of hydrogen-bond donors (Lipinski definition) is 1. The van der Waals surface area contributed by atoms with Crippen LogP contribution in [0.5, 0.6) is 0 Å². The van der Waals surface area contributed by atoms with Crippen LogP contribution in [0.2, 0.25) is 0 Å². The Kier molecular flexibility index (Phi) is 5.67. The Morgan fingerprint density at radius 3 is 2.82 bits per heavy atom. The fraction of sp³-hybridized carbons (Fsp3) is 0.600. The third-order valence-corrected chi connectivity index (χ3v) is 3.83. The number of pyridine rings is 1. The minimum absolute atomic E-state index is 0.154. The van der Waals surface area contributed by atoms with Gasteiger partial charge in [-0.2, -0.15) is 5.26 Å². The standard InChI is InChI=1S/C15H21N5O2/c1-12(11-19-7-3-2-4-8-19)10-17-15-6-5-14(20(21)22)13(9-16)18-15/h5-6,12H,2-4,7-8,10-11H2,1H3,(H,17,18). The summed E-state index contributed by atoms with van der Waals surface area (Å²) in [4.78, 5) is 16.7. The number of nitrogens with one attached hydrogen (secondary N) is 1. The van der Waals surface area contributed by atoms with E-state index >= 15 is 0 Å². The highest BCUT2D eigenvalue weighted by atomic mass is 16.6. The van der Waals surface area contributed by atoms with Gasteiger partial charge in [0.2, 0.25) is 5.69 Å². The van der Waals surface area contributed by atoms with E-state index in [-0.39, 0.29) is 11.4 Å². The second-order valence-electron chi connectivity index (χ2n) is 5.78. The van der Waals surface area contributed by atoms with Crippen molar-refractivity contribution in [3.05, 3.63) is 27.9 Å². The lowest BCUT2D eigenvalue weighted by Crippen LogP contribution is -2.35. The van der Waals surface area contributed by atoms with Gasteiger partial charge in [-0.15, -0.1) is 0 Å². The van der Waals surface area contributed by atoms with Crippen molar-refractivity contribution >= 4 is 11.5 Å². The molecule has 22 heavy (non-hydrogen) atoms. The molecule has 0 aliphatic carbocycles. The molecule has 1 aromatic heterocycles. The van der Waals surface area contributed by atoms with Crippen LogP contribution in [0.3, 0.4) is 0 Å². The summed E-state index contributed by atoms with van der Waals surface area (Å²) in [7, 11) is 0. The third-order valence-electron chi connectivity index (χ3n) is 3.83. The zero-order chi connectivity index (χ0) is 15.9. The summed E-state index contributed by atoms with van der Waals surface area (Å²) >= 11 is 0. The average Bonchev–Trinajstić information content (AvgIpc) is 2.53. The lowest BCUT2D eigenvalue weighted by molar-refractivity contribution is -0.385. The van der Waals surface area contributed by atoms with Gasteiger partial charge in [0, 0.05) is 19.2 Å². The monoisotopic (exact) mass is 303 g/mol. The van der Waals surface area contributed by atoms with Gasteiger partial charge in [0.15, 0.2) is 0 Å². The fourth-order valence-corrected chi connectivity index (χ4v) is 2.71. The fourth-order valence-electron chi connectivity index (χ4n) is 2.71. The molecule has 0 saturated carbocycles. The van der Waals surface area contributed by atoms with Crippen molar-refractivity contribution in [2.75, 3.05) is 31.5 Å². The van der Waals surface area contributed by atoms with Crippen LogP contribution in [0.4, 0.5) is 11.5 Å². The number of piperidine rings is 1. The Hall–Kier alpha value is -2.20. The summed E-state index contributed by atoms with van der Waals surface area (Å²) in [6.45, 7) is 6.26. The maximum absolute atomic E-state index is 10.8. The maximum Gasteiger partial charge on any atom is 0.305 e. The minimum atomic E-state index is -0.589. The number of nitro groups is 1. The van der Waals surface area contributed by atoms with Gasteiger partial charge in [-0.05, 0) is 37.9 Å². The zero-order valence-electron chi connectivity index (χ0n) is 12.8. The first-order valence-corrected chi connectivity index (χ1v) is 7.62. The van der Waals surface area contributed by atoms with Crippen LogP contribution >= 0.6 is 0 Å². The lowest BCUT2D eigenvalue weighted by Gasteiger charge is -2.29. The molecule has 0 radical (unpaired) electrons. The van der Waals surface area contributed by atoms with E-state index in [9.17, 15) is 10.1 Å². The van der Waals surface area contributed by atoms with Crippen molar-refractivity contribution in [2.45, 2.75) is 26.2 Å². The summed E-state index contributed by atoms with van der Waals surface area (Å²) in [5.41, 5.74) is -0.409. The van der Waals surface area contributed by atoms with Crippen LogP contribution in [0, 0.1) is 27.4 Å². The molecule has 0 spiro atoms. The normalized spacial score (nSPS) is 16.7. The highest BCUT2D eigenvalue weighted by molar-refractivity contribution is 5.50. The summed E-state index contributed by atoms with van der Waals surface area (Å²) < 4.78 is 0. The zero-order valence-corrected chi connectivity index (χ0v) is 12.8. The number of hydrogen-bond acceptors (Lipinski definition) is 6. The molecule has 0 aromatic carbocycles. The maximum atomic E-state index is 10.8. The van der Waals surface area contributed by atoms with Gasteiger partial charge in [-0.1, -0.05) is 13.3 Å². The second-order valence-corrected chi connectivity index (χ2v) is 5.78. The van der Waals surface area contributed by atoms with E-state index in [1.807, 2.05) is 0 Å². The Bertz CT molecular complexity index is 564. The van der Waals surface area contributed by atoms with Gasteiger partial charge in [0.25, 0.3) is 0 Å². The summed E-state index contributed by atoms with van der Waals surface area (Å²) in [6, 6.07) is 4.64. The molecule has 2 rings (SSSR count). The van der Waals surface area contributed by atoms with Crippen molar-refractivity contribution in [1.82, 2.24) is 9.88 Å². The van der Waals surface area contributed by atoms with Crippen molar-refractivity contribution in [3.63, 3.8) is 0 Å². The first-order valence-electron chi connectivity index (χ1n) is 7.62. The highest BCUT2D eigenvalue weighted by Gasteiger charge is 2.16. The molecule has 1 aromatic rings. The largest absolute Gasteiger partial charge is 0.370 e. The van der Waals surface area contributed by atoms with Crippen molar-refractivity contribution in [1.29, 1.82) is 5.26 Å². The molecule has 1 unspecified atom stereocenters. The number of likely N-dealkylation sites (tertiary alicyclic amines) is 1. The van der Waals surface area contributed by atoms with E-state index in [1.54, 1.807) is 12.1 Å². The SMILES string of the molecule is CC(CNc1ccc([N+](=O)[O-])c(C#N)n1)CN1CCCCC1. The molecule has 7 heteroatoms. The molecule has 1 atom stereocenters. The quantitative estimate of drug-likeness (QED) is 0.640. The van der Waals surface area contributed by atoms with Crippen LogP contribution in [-0.4, -0.2) is 41.0 Å². The smallest absolute Gasteiger partial charge is 0.305 e. The van der Waals surface area contributed by atoms with E-state index < -0.39 is 4.92 Å². The molecule has 118 valence electrons. The van der Waals surface area contributed by atoms with Crippen molar-refractivity contribution < 1.29 is 4.92 Å². The second kappa shape index (κ2) is 7.71. The molecular formula is C15H21N5O2. The minimum Gasteiger partial charge on any atom is -0.370 e. The molecule has 1 N–H and O–H groups in total. The molecular weight excluding hydrogens is 282 g/mol. The number of aromatic nitrogens is 1. The number of anilines is 1. The molecule has 7 nitrogen and oxygen atoms in total. The van der Waals surface area contributed by atoms with Gasteiger partial charge in [0.05, 0.1) is 4.92 Å². The predicted octanol–water partition coefficient (Wildman–Crippen LogP) is 2.40. The molecule has 1 saturated heterocycles. The van der Waals surface area contributed by atoms with Crippen LogP contribution < -0.4 is 5.32 Å². The topological polar surface area (TPSA) is 95.1 Å². The van der Waals surface area contributed by atoms with Gasteiger partial charge < -0.3 is 10.2 Å². The van der Waals surface area contributed by atoms with Gasteiger partial charge in [-0.25, -0.2) is 4.98 Å². The number of nitrogens with zero attached hydrogens (tertiary/aromatic N) is 4. The summed E-state index contributed by atoms with van der Waals surface area (Å²) in [5.74, 6) is 0.952. The molecule has 1 aliphatic rings. The van der Waals surface area contributed by atoms with E-state index in [0.717, 1.165) is 13.1 Å². The van der Waals surface area contributed by atoms with Gasteiger partial charge in [0.1, 0.15) is 11.9 Å². The first-order chi connectivity index (χ1) is 10.6. The Labute approximate surface area is 130 Å². The number of rotatable bonds is 6. The van der Waals surface area contributed by atoms with Crippen molar-refractivity contribution in [3.8, 4) is 6.07 Å². The van der Waals surface area contributed by atoms with Crippen LogP contribution in [0.1, 0.15) is 31.9 Å². The van der Waals surface area contributed by atoms with Crippen LogP contribution in [-0.2, 0) is 0 Å². The molecule has 1 fully saturated rings. The molecule has 0 amide bonds. The van der Waals surface area contributed by atoms with Crippen molar-refractivity contribution in [2.24, 2.45) is 5.92 Å². The Morgan fingerprint density at radius 1 is 1.45 bits per heavy atom. The van der Waals surface area contributed by atoms with Crippen LogP contribution in [0.15, 0.2) is 12.1 Å². The summed E-state index contributed by atoms with van der Waals surface area (Å²) in [5, 5.41) is 22.9. The third kappa shape index (κ3) is 4.40.